The summed E-state index contributed by atoms with van der Waals surface area (Å²) in [5.41, 5.74) is 0.0425. The van der Waals surface area contributed by atoms with Crippen LogP contribution in [0.2, 0.25) is 0 Å². The molecule has 0 spiro atoms. The van der Waals surface area contributed by atoms with Crippen LogP contribution in [0.4, 0.5) is 24.7 Å². The van der Waals surface area contributed by atoms with Crippen LogP contribution in [0.3, 0.4) is 0 Å². The van der Waals surface area contributed by atoms with E-state index in [0.717, 1.165) is 49.9 Å². The number of halogens is 3. The first-order valence-electron chi connectivity index (χ1n) is 8.56. The number of alkyl halides is 3. The molecular formula is C17H19F3N6O. The molecule has 0 atom stereocenters. The molecule has 0 bridgehead atoms. The Balaban J connectivity index is 1.46. The number of amides is 1. The second kappa shape index (κ2) is 8.19. The lowest BCUT2D eigenvalue weighted by atomic mass is 10.2. The highest BCUT2D eigenvalue weighted by Crippen LogP contribution is 2.27. The molecule has 2 aromatic heterocycles. The summed E-state index contributed by atoms with van der Waals surface area (Å²) in [5, 5.41) is 13.7. The molecule has 144 valence electrons. The smallest absolute Gasteiger partial charge is 0.370 e. The van der Waals surface area contributed by atoms with Crippen molar-refractivity contribution in [2.24, 2.45) is 0 Å². The van der Waals surface area contributed by atoms with Crippen LogP contribution in [0, 0.1) is 0 Å². The molecule has 1 saturated heterocycles. The molecule has 27 heavy (non-hydrogen) atoms. The predicted octanol–water partition coefficient (Wildman–Crippen LogP) is 2.33. The Kier molecular flexibility index (Phi) is 5.72. The van der Waals surface area contributed by atoms with Crippen LogP contribution in [-0.4, -0.2) is 47.3 Å². The maximum absolute atomic E-state index is 12.5. The lowest BCUT2D eigenvalue weighted by Crippen LogP contribution is -2.29. The maximum Gasteiger partial charge on any atom is 0.433 e. The fourth-order valence-corrected chi connectivity index (χ4v) is 2.76. The molecule has 0 aromatic carbocycles. The van der Waals surface area contributed by atoms with Gasteiger partial charge in [0.25, 0.3) is 5.91 Å². The van der Waals surface area contributed by atoms with Crippen molar-refractivity contribution < 1.29 is 18.0 Å². The normalized spacial score (nSPS) is 14.3. The fraction of sp³-hybridized carbons (Fsp3) is 0.412. The van der Waals surface area contributed by atoms with Gasteiger partial charge in [-0.1, -0.05) is 0 Å². The van der Waals surface area contributed by atoms with Crippen LogP contribution < -0.4 is 15.5 Å². The van der Waals surface area contributed by atoms with Crippen LogP contribution in [0.1, 0.15) is 28.9 Å². The molecule has 3 rings (SSSR count). The van der Waals surface area contributed by atoms with Gasteiger partial charge in [0, 0.05) is 38.4 Å². The van der Waals surface area contributed by atoms with Gasteiger partial charge in [-0.05, 0) is 25.0 Å². The molecule has 2 aromatic rings. The third kappa shape index (κ3) is 5.05. The molecule has 0 unspecified atom stereocenters. The van der Waals surface area contributed by atoms with Gasteiger partial charge in [0.05, 0.1) is 17.4 Å². The van der Waals surface area contributed by atoms with Gasteiger partial charge in [0.15, 0.2) is 5.82 Å². The van der Waals surface area contributed by atoms with Gasteiger partial charge >= 0.3 is 6.18 Å². The minimum atomic E-state index is -4.52. The fourth-order valence-electron chi connectivity index (χ4n) is 2.76. The van der Waals surface area contributed by atoms with E-state index in [-0.39, 0.29) is 12.1 Å². The van der Waals surface area contributed by atoms with E-state index in [1.54, 1.807) is 6.20 Å². The Morgan fingerprint density at radius 3 is 2.59 bits per heavy atom. The monoisotopic (exact) mass is 380 g/mol. The van der Waals surface area contributed by atoms with Crippen LogP contribution >= 0.6 is 0 Å². The van der Waals surface area contributed by atoms with E-state index in [9.17, 15) is 18.0 Å². The zero-order chi connectivity index (χ0) is 19.3. The van der Waals surface area contributed by atoms with Gasteiger partial charge < -0.3 is 15.5 Å². The molecule has 1 aliphatic heterocycles. The topological polar surface area (TPSA) is 83.0 Å². The summed E-state index contributed by atoms with van der Waals surface area (Å²) in [6, 6.07) is 3.79. The molecule has 10 heteroatoms. The van der Waals surface area contributed by atoms with Gasteiger partial charge in [-0.3, -0.25) is 9.78 Å². The summed E-state index contributed by atoms with van der Waals surface area (Å²) < 4.78 is 37.4. The van der Waals surface area contributed by atoms with E-state index < -0.39 is 17.8 Å². The number of aromatic nitrogens is 3. The largest absolute Gasteiger partial charge is 0.433 e. The van der Waals surface area contributed by atoms with Crippen LogP contribution in [0.25, 0.3) is 0 Å². The van der Waals surface area contributed by atoms with Gasteiger partial charge in [0.1, 0.15) is 5.69 Å². The molecule has 0 radical (unpaired) electrons. The minimum absolute atomic E-state index is 0.0684. The van der Waals surface area contributed by atoms with Gasteiger partial charge in [0.2, 0.25) is 0 Å². The van der Waals surface area contributed by atoms with E-state index in [1.165, 1.54) is 0 Å². The summed E-state index contributed by atoms with van der Waals surface area (Å²) in [5.74, 6) is 0.111. The van der Waals surface area contributed by atoms with Crippen molar-refractivity contribution in [2.45, 2.75) is 19.0 Å². The average molecular weight is 380 g/mol. The SMILES string of the molecule is O=C(NCCNc1cc(N2CCCC2)cnn1)c1ccc(C(F)(F)F)nc1. The number of nitrogens with one attached hydrogen (secondary N) is 2. The van der Waals surface area contributed by atoms with Crippen LogP contribution in [0.15, 0.2) is 30.6 Å². The number of rotatable bonds is 6. The highest BCUT2D eigenvalue weighted by Gasteiger charge is 2.32. The third-order valence-electron chi connectivity index (χ3n) is 4.14. The number of hydrogen-bond donors (Lipinski definition) is 2. The highest BCUT2D eigenvalue weighted by molar-refractivity contribution is 5.93. The molecule has 1 fully saturated rings. The highest BCUT2D eigenvalue weighted by atomic mass is 19.4. The summed E-state index contributed by atoms with van der Waals surface area (Å²) in [7, 11) is 0. The van der Waals surface area contributed by atoms with E-state index in [4.69, 9.17) is 0 Å². The molecular weight excluding hydrogens is 361 g/mol. The molecule has 1 amide bonds. The lowest BCUT2D eigenvalue weighted by Gasteiger charge is -2.17. The third-order valence-corrected chi connectivity index (χ3v) is 4.14. The Hall–Kier alpha value is -2.91. The summed E-state index contributed by atoms with van der Waals surface area (Å²) in [4.78, 5) is 17.5. The van der Waals surface area contributed by atoms with E-state index >= 15 is 0 Å². The number of nitrogens with zero attached hydrogens (tertiary/aromatic N) is 4. The van der Waals surface area contributed by atoms with Crippen LogP contribution in [-0.2, 0) is 6.18 Å². The summed E-state index contributed by atoms with van der Waals surface area (Å²) >= 11 is 0. The first kappa shape index (κ1) is 18.9. The quantitative estimate of drug-likeness (QED) is 0.749. The van der Waals surface area contributed by atoms with Crippen molar-refractivity contribution in [1.29, 1.82) is 0 Å². The predicted molar refractivity (Wildman–Crippen MR) is 93.5 cm³/mol. The number of anilines is 2. The molecule has 3 heterocycles. The first-order valence-corrected chi connectivity index (χ1v) is 8.56. The zero-order valence-corrected chi connectivity index (χ0v) is 14.5. The minimum Gasteiger partial charge on any atom is -0.370 e. The van der Waals surface area contributed by atoms with Crippen molar-refractivity contribution in [3.05, 3.63) is 41.9 Å². The van der Waals surface area contributed by atoms with Gasteiger partial charge in [-0.15, -0.1) is 5.10 Å². The van der Waals surface area contributed by atoms with E-state index in [0.29, 0.717) is 12.4 Å². The van der Waals surface area contributed by atoms with E-state index in [2.05, 4.69) is 30.7 Å². The molecule has 1 aliphatic rings. The van der Waals surface area contributed by atoms with Crippen molar-refractivity contribution in [1.82, 2.24) is 20.5 Å². The number of hydrogen-bond acceptors (Lipinski definition) is 6. The van der Waals surface area contributed by atoms with Crippen LogP contribution in [0.5, 0.6) is 0 Å². The Labute approximate surface area is 154 Å². The molecule has 7 nitrogen and oxygen atoms in total. The second-order valence-corrected chi connectivity index (χ2v) is 6.11. The summed E-state index contributed by atoms with van der Waals surface area (Å²) in [6.45, 7) is 2.68. The number of pyridine rings is 1. The van der Waals surface area contributed by atoms with Crippen molar-refractivity contribution in [3.63, 3.8) is 0 Å². The Morgan fingerprint density at radius 2 is 1.93 bits per heavy atom. The number of carbonyl (C=O) groups is 1. The van der Waals surface area contributed by atoms with Crippen molar-refractivity contribution in [2.75, 3.05) is 36.4 Å². The summed E-state index contributed by atoms with van der Waals surface area (Å²) in [6.07, 6.45) is 0.432. The molecule has 2 N–H and O–H groups in total. The van der Waals surface area contributed by atoms with Crippen molar-refractivity contribution in [3.8, 4) is 0 Å². The first-order chi connectivity index (χ1) is 12.9. The average Bonchev–Trinajstić information content (AvgIpc) is 3.19. The Bertz CT molecular complexity index is 775. The maximum atomic E-state index is 12.5. The lowest BCUT2D eigenvalue weighted by molar-refractivity contribution is -0.141. The standard InChI is InChI=1S/C17H19F3N6O/c18-17(19,20)14-4-3-12(10-23-14)16(27)22-6-5-21-15-9-13(11-24-25-15)26-7-1-2-8-26/h3-4,9-11H,1-2,5-8H2,(H,21,25)(H,22,27). The number of carbonyl (C=O) groups excluding carboxylic acids is 1. The zero-order valence-electron chi connectivity index (χ0n) is 14.5. The van der Waals surface area contributed by atoms with E-state index in [1.807, 2.05) is 6.07 Å². The molecule has 0 saturated carbocycles. The second-order valence-electron chi connectivity index (χ2n) is 6.11. The van der Waals surface area contributed by atoms with Crippen molar-refractivity contribution >= 4 is 17.4 Å². The van der Waals surface area contributed by atoms with Gasteiger partial charge in [-0.25, -0.2) is 0 Å². The van der Waals surface area contributed by atoms with Gasteiger partial charge in [-0.2, -0.15) is 18.3 Å². The Morgan fingerprint density at radius 1 is 1.15 bits per heavy atom. The molecule has 0 aliphatic carbocycles.